The Bertz CT molecular complexity index is 351. The Labute approximate surface area is 114 Å². The first-order chi connectivity index (χ1) is 9.12. The lowest BCUT2D eigenvalue weighted by Gasteiger charge is -2.51. The van der Waals surface area contributed by atoms with Gasteiger partial charge < -0.3 is 14.8 Å². The lowest BCUT2D eigenvalue weighted by Crippen LogP contribution is -2.61. The Balaban J connectivity index is 1.52. The Kier molecular flexibility index (Phi) is 3.53. The summed E-state index contributed by atoms with van der Waals surface area (Å²) in [5.74, 6) is 0.617. The summed E-state index contributed by atoms with van der Waals surface area (Å²) in [5.41, 5.74) is -0.259. The van der Waals surface area contributed by atoms with E-state index >= 15 is 0 Å². The van der Waals surface area contributed by atoms with Crippen molar-refractivity contribution in [3.63, 3.8) is 0 Å². The minimum Gasteiger partial charge on any atom is -0.469 e. The molecule has 0 spiro atoms. The van der Waals surface area contributed by atoms with E-state index < -0.39 is 0 Å². The maximum Gasteiger partial charge on any atom is 0.311 e. The first kappa shape index (κ1) is 13.3. The predicted octanol–water partition coefficient (Wildman–Crippen LogP) is 0.248. The molecule has 2 heterocycles. The number of nitrogens with one attached hydrogen (secondary N) is 1. The Morgan fingerprint density at radius 3 is 2.74 bits per heavy atom. The standard InChI is InChI=1S/C14H24N2O3/c1-14(13(17)18-2)5-11(6-14)16-3-4-19-12(9-16)10-7-15-8-10/h10-12,15H,3-9H2,1-2H3. The van der Waals surface area contributed by atoms with Crippen molar-refractivity contribution in [1.82, 2.24) is 10.2 Å². The molecule has 2 saturated heterocycles. The lowest BCUT2D eigenvalue weighted by molar-refractivity contribution is -0.165. The van der Waals surface area contributed by atoms with E-state index in [0.29, 0.717) is 18.1 Å². The van der Waals surface area contributed by atoms with Crippen LogP contribution in [0.5, 0.6) is 0 Å². The van der Waals surface area contributed by atoms with E-state index in [1.807, 2.05) is 6.92 Å². The number of rotatable bonds is 3. The summed E-state index contributed by atoms with van der Waals surface area (Å²) >= 11 is 0. The normalized spacial score (nSPS) is 40.3. The van der Waals surface area contributed by atoms with Gasteiger partial charge in [-0.3, -0.25) is 9.69 Å². The molecule has 0 amide bonds. The number of esters is 1. The van der Waals surface area contributed by atoms with E-state index in [-0.39, 0.29) is 11.4 Å². The van der Waals surface area contributed by atoms with Crippen molar-refractivity contribution in [2.75, 3.05) is 39.9 Å². The number of ether oxygens (including phenoxy) is 2. The molecule has 108 valence electrons. The number of methoxy groups -OCH3 is 1. The monoisotopic (exact) mass is 268 g/mol. The molecule has 5 nitrogen and oxygen atoms in total. The lowest BCUT2D eigenvalue weighted by atomic mass is 9.66. The highest BCUT2D eigenvalue weighted by Gasteiger charge is 2.50. The number of morpholine rings is 1. The van der Waals surface area contributed by atoms with Crippen molar-refractivity contribution in [3.8, 4) is 0 Å². The Morgan fingerprint density at radius 2 is 2.16 bits per heavy atom. The summed E-state index contributed by atoms with van der Waals surface area (Å²) in [6, 6.07) is 0.531. The van der Waals surface area contributed by atoms with Crippen LogP contribution < -0.4 is 5.32 Å². The zero-order valence-corrected chi connectivity index (χ0v) is 11.9. The van der Waals surface area contributed by atoms with Crippen molar-refractivity contribution in [2.45, 2.75) is 31.9 Å². The molecule has 3 fully saturated rings. The van der Waals surface area contributed by atoms with Gasteiger partial charge in [0.25, 0.3) is 0 Å². The minimum absolute atomic E-state index is 0.0586. The largest absolute Gasteiger partial charge is 0.469 e. The molecule has 0 aromatic carbocycles. The van der Waals surface area contributed by atoms with Crippen molar-refractivity contribution in [2.24, 2.45) is 11.3 Å². The summed E-state index contributed by atoms with van der Waals surface area (Å²) in [6.45, 7) is 7.04. The maximum atomic E-state index is 11.7. The Hall–Kier alpha value is -0.650. The number of carbonyl (C=O) groups excluding carboxylic acids is 1. The molecule has 1 aliphatic carbocycles. The highest BCUT2D eigenvalue weighted by molar-refractivity contribution is 5.77. The van der Waals surface area contributed by atoms with Crippen LogP contribution in [0.4, 0.5) is 0 Å². The molecule has 19 heavy (non-hydrogen) atoms. The molecule has 1 atom stereocenters. The zero-order chi connectivity index (χ0) is 13.5. The van der Waals surface area contributed by atoms with E-state index in [0.717, 1.165) is 45.6 Å². The molecule has 3 rings (SSSR count). The number of carbonyl (C=O) groups is 1. The van der Waals surface area contributed by atoms with Crippen LogP contribution in [0, 0.1) is 11.3 Å². The molecule has 0 aromatic rings. The smallest absolute Gasteiger partial charge is 0.311 e. The predicted molar refractivity (Wildman–Crippen MR) is 70.8 cm³/mol. The third kappa shape index (κ3) is 2.39. The van der Waals surface area contributed by atoms with Gasteiger partial charge in [0.1, 0.15) is 0 Å². The van der Waals surface area contributed by atoms with Crippen LogP contribution in [0.3, 0.4) is 0 Å². The van der Waals surface area contributed by atoms with Gasteiger partial charge in [0.15, 0.2) is 0 Å². The van der Waals surface area contributed by atoms with Crippen molar-refractivity contribution in [3.05, 3.63) is 0 Å². The highest BCUT2D eigenvalue weighted by Crippen LogP contribution is 2.44. The quantitative estimate of drug-likeness (QED) is 0.744. The summed E-state index contributed by atoms with van der Waals surface area (Å²) in [5, 5.41) is 3.31. The third-order valence-corrected chi connectivity index (χ3v) is 5.03. The van der Waals surface area contributed by atoms with Crippen LogP contribution in [-0.4, -0.2) is 62.9 Å². The average Bonchev–Trinajstić information content (AvgIpc) is 2.32. The second kappa shape index (κ2) is 5.04. The van der Waals surface area contributed by atoms with Crippen LogP contribution in [0.2, 0.25) is 0 Å². The molecular weight excluding hydrogens is 244 g/mol. The molecule has 0 radical (unpaired) electrons. The van der Waals surface area contributed by atoms with Crippen molar-refractivity contribution < 1.29 is 14.3 Å². The van der Waals surface area contributed by atoms with Crippen molar-refractivity contribution >= 4 is 5.97 Å². The number of nitrogens with zero attached hydrogens (tertiary/aromatic N) is 1. The molecule has 0 aromatic heterocycles. The van der Waals surface area contributed by atoms with Crippen LogP contribution in [0.25, 0.3) is 0 Å². The summed E-state index contributed by atoms with van der Waals surface area (Å²) in [4.78, 5) is 14.2. The van der Waals surface area contributed by atoms with E-state index in [1.165, 1.54) is 7.11 Å². The van der Waals surface area contributed by atoms with Gasteiger partial charge in [0.2, 0.25) is 0 Å². The van der Waals surface area contributed by atoms with Gasteiger partial charge in [-0.25, -0.2) is 0 Å². The Morgan fingerprint density at radius 1 is 1.42 bits per heavy atom. The van der Waals surface area contributed by atoms with E-state index in [2.05, 4.69) is 10.2 Å². The van der Waals surface area contributed by atoms with E-state index in [1.54, 1.807) is 0 Å². The van der Waals surface area contributed by atoms with Gasteiger partial charge in [0, 0.05) is 38.1 Å². The fourth-order valence-electron chi connectivity index (χ4n) is 3.54. The molecule has 1 saturated carbocycles. The number of hydrogen-bond acceptors (Lipinski definition) is 5. The fourth-order valence-corrected chi connectivity index (χ4v) is 3.54. The summed E-state index contributed by atoms with van der Waals surface area (Å²) in [6.07, 6.45) is 2.23. The first-order valence-electron chi connectivity index (χ1n) is 7.27. The molecule has 2 aliphatic heterocycles. The minimum atomic E-state index is -0.259. The SMILES string of the molecule is COC(=O)C1(C)CC(N2CCOC(C3CNC3)C2)C1. The van der Waals surface area contributed by atoms with Gasteiger partial charge in [0.05, 0.1) is 25.2 Å². The van der Waals surface area contributed by atoms with Crippen LogP contribution >= 0.6 is 0 Å². The molecule has 0 bridgehead atoms. The molecule has 1 unspecified atom stereocenters. The number of hydrogen-bond donors (Lipinski definition) is 1. The van der Waals surface area contributed by atoms with E-state index in [4.69, 9.17) is 9.47 Å². The fraction of sp³-hybridized carbons (Fsp3) is 0.929. The summed E-state index contributed by atoms with van der Waals surface area (Å²) in [7, 11) is 1.48. The maximum absolute atomic E-state index is 11.7. The zero-order valence-electron chi connectivity index (χ0n) is 11.9. The average molecular weight is 268 g/mol. The molecule has 3 aliphatic rings. The van der Waals surface area contributed by atoms with Gasteiger partial charge in [-0.05, 0) is 19.8 Å². The summed E-state index contributed by atoms with van der Waals surface area (Å²) < 4.78 is 10.8. The molecule has 5 heteroatoms. The topological polar surface area (TPSA) is 50.8 Å². The van der Waals surface area contributed by atoms with Crippen molar-refractivity contribution in [1.29, 1.82) is 0 Å². The second-order valence-electron chi connectivity index (χ2n) is 6.44. The van der Waals surface area contributed by atoms with Gasteiger partial charge in [-0.2, -0.15) is 0 Å². The van der Waals surface area contributed by atoms with Crippen LogP contribution in [0.1, 0.15) is 19.8 Å². The molecule has 1 N–H and O–H groups in total. The van der Waals surface area contributed by atoms with E-state index in [9.17, 15) is 4.79 Å². The van der Waals surface area contributed by atoms with Gasteiger partial charge in [-0.1, -0.05) is 0 Å². The molecular formula is C14H24N2O3. The van der Waals surface area contributed by atoms with Gasteiger partial charge >= 0.3 is 5.97 Å². The third-order valence-electron chi connectivity index (χ3n) is 5.03. The second-order valence-corrected chi connectivity index (χ2v) is 6.44. The van der Waals surface area contributed by atoms with Crippen LogP contribution in [0.15, 0.2) is 0 Å². The van der Waals surface area contributed by atoms with Crippen LogP contribution in [-0.2, 0) is 14.3 Å². The highest BCUT2D eigenvalue weighted by atomic mass is 16.5. The first-order valence-corrected chi connectivity index (χ1v) is 7.27. The van der Waals surface area contributed by atoms with Gasteiger partial charge in [-0.15, -0.1) is 0 Å².